The van der Waals surface area contributed by atoms with Gasteiger partial charge in [-0.3, -0.25) is 4.79 Å². The number of urea groups is 1. The second kappa shape index (κ2) is 7.96. The van der Waals surface area contributed by atoms with E-state index < -0.39 is 18.0 Å². The minimum atomic E-state index is -0.597. The number of nitrogens with one attached hydrogen (secondary N) is 2. The Labute approximate surface area is 146 Å². The van der Waals surface area contributed by atoms with Gasteiger partial charge in [0.15, 0.2) is 11.5 Å². The van der Waals surface area contributed by atoms with Crippen LogP contribution in [0.1, 0.15) is 25.5 Å². The molecule has 2 amide bonds. The van der Waals surface area contributed by atoms with Gasteiger partial charge >= 0.3 is 12.0 Å². The first kappa shape index (κ1) is 18.7. The van der Waals surface area contributed by atoms with E-state index >= 15 is 0 Å². The molecule has 1 heterocycles. The highest BCUT2D eigenvalue weighted by atomic mass is 16.5. The average Bonchev–Trinajstić information content (AvgIpc) is 2.59. The van der Waals surface area contributed by atoms with E-state index in [1.807, 2.05) is 0 Å². The Kier molecular flexibility index (Phi) is 5.95. The van der Waals surface area contributed by atoms with Crippen LogP contribution >= 0.6 is 0 Å². The Morgan fingerprint density at radius 1 is 1.08 bits per heavy atom. The first-order valence-electron chi connectivity index (χ1n) is 8.00. The van der Waals surface area contributed by atoms with E-state index in [9.17, 15) is 9.59 Å². The SMILES string of the molecule is CCOC(=O)C1C(C)NC(=O)NC1c1cc(OC)c(OC)c(OC)c1. The second-order valence-electron chi connectivity index (χ2n) is 5.62. The second-order valence-corrected chi connectivity index (χ2v) is 5.62. The van der Waals surface area contributed by atoms with Gasteiger partial charge in [-0.15, -0.1) is 0 Å². The lowest BCUT2D eigenvalue weighted by molar-refractivity contribution is -0.150. The molecule has 8 heteroatoms. The van der Waals surface area contributed by atoms with Crippen molar-refractivity contribution >= 4 is 12.0 Å². The van der Waals surface area contributed by atoms with Crippen LogP contribution in [0.25, 0.3) is 0 Å². The van der Waals surface area contributed by atoms with Gasteiger partial charge < -0.3 is 29.6 Å². The van der Waals surface area contributed by atoms with Crippen LogP contribution in [0.5, 0.6) is 17.2 Å². The number of amides is 2. The van der Waals surface area contributed by atoms with Crippen LogP contribution in [0.15, 0.2) is 12.1 Å². The van der Waals surface area contributed by atoms with Gasteiger partial charge in [-0.25, -0.2) is 4.79 Å². The molecule has 2 rings (SSSR count). The Bertz CT molecular complexity index is 623. The van der Waals surface area contributed by atoms with E-state index in [0.717, 1.165) is 0 Å². The summed E-state index contributed by atoms with van der Waals surface area (Å²) in [5.41, 5.74) is 0.661. The average molecular weight is 352 g/mol. The van der Waals surface area contributed by atoms with Gasteiger partial charge in [-0.1, -0.05) is 0 Å². The summed E-state index contributed by atoms with van der Waals surface area (Å²) < 4.78 is 21.2. The highest BCUT2D eigenvalue weighted by Gasteiger charge is 2.41. The lowest BCUT2D eigenvalue weighted by atomic mass is 9.85. The van der Waals surface area contributed by atoms with E-state index in [1.54, 1.807) is 26.0 Å². The number of hydrogen-bond donors (Lipinski definition) is 2. The van der Waals surface area contributed by atoms with Gasteiger partial charge in [0.05, 0.1) is 34.0 Å². The number of esters is 1. The van der Waals surface area contributed by atoms with Crippen molar-refractivity contribution in [3.05, 3.63) is 17.7 Å². The third-order valence-corrected chi connectivity index (χ3v) is 4.15. The molecule has 0 spiro atoms. The van der Waals surface area contributed by atoms with Crippen molar-refractivity contribution in [1.82, 2.24) is 10.6 Å². The molecule has 1 saturated heterocycles. The predicted molar refractivity (Wildman–Crippen MR) is 90.1 cm³/mol. The fourth-order valence-corrected chi connectivity index (χ4v) is 3.01. The minimum absolute atomic E-state index is 0.262. The van der Waals surface area contributed by atoms with Crippen molar-refractivity contribution in [2.45, 2.75) is 25.9 Å². The molecule has 138 valence electrons. The van der Waals surface area contributed by atoms with Crippen LogP contribution in [-0.2, 0) is 9.53 Å². The van der Waals surface area contributed by atoms with E-state index in [-0.39, 0.29) is 18.6 Å². The van der Waals surface area contributed by atoms with Gasteiger partial charge in [0.1, 0.15) is 5.92 Å². The van der Waals surface area contributed by atoms with Crippen LogP contribution in [0.4, 0.5) is 4.79 Å². The summed E-state index contributed by atoms with van der Waals surface area (Å²) >= 11 is 0. The first-order valence-corrected chi connectivity index (χ1v) is 8.00. The molecule has 3 unspecified atom stereocenters. The summed E-state index contributed by atoms with van der Waals surface area (Å²) in [5, 5.41) is 5.50. The molecule has 2 N–H and O–H groups in total. The molecule has 0 aromatic heterocycles. The van der Waals surface area contributed by atoms with Crippen LogP contribution < -0.4 is 24.8 Å². The van der Waals surface area contributed by atoms with E-state index in [0.29, 0.717) is 22.8 Å². The van der Waals surface area contributed by atoms with Gasteiger partial charge in [-0.05, 0) is 31.5 Å². The summed E-state index contributed by atoms with van der Waals surface area (Å²) in [6, 6.07) is 2.10. The zero-order valence-electron chi connectivity index (χ0n) is 15.0. The lowest BCUT2D eigenvalue weighted by Crippen LogP contribution is -2.57. The van der Waals surface area contributed by atoms with Gasteiger partial charge in [0.25, 0.3) is 0 Å². The number of benzene rings is 1. The maximum atomic E-state index is 12.4. The number of carbonyl (C=O) groups excluding carboxylic acids is 2. The largest absolute Gasteiger partial charge is 0.493 e. The molecule has 0 radical (unpaired) electrons. The number of methoxy groups -OCH3 is 3. The molecule has 0 saturated carbocycles. The highest BCUT2D eigenvalue weighted by molar-refractivity contribution is 5.82. The van der Waals surface area contributed by atoms with E-state index in [1.165, 1.54) is 21.3 Å². The summed E-state index contributed by atoms with van der Waals surface area (Å²) in [6.45, 7) is 3.77. The van der Waals surface area contributed by atoms with Gasteiger partial charge in [0, 0.05) is 6.04 Å². The third kappa shape index (κ3) is 3.72. The van der Waals surface area contributed by atoms with Crippen LogP contribution in [0, 0.1) is 5.92 Å². The van der Waals surface area contributed by atoms with Crippen molar-refractivity contribution in [2.75, 3.05) is 27.9 Å². The normalized spacial score (nSPS) is 22.4. The van der Waals surface area contributed by atoms with Gasteiger partial charge in [0.2, 0.25) is 5.75 Å². The Morgan fingerprint density at radius 3 is 2.16 bits per heavy atom. The van der Waals surface area contributed by atoms with E-state index in [2.05, 4.69) is 10.6 Å². The Morgan fingerprint density at radius 2 is 1.68 bits per heavy atom. The minimum Gasteiger partial charge on any atom is -0.493 e. The molecule has 1 aliphatic rings. The molecule has 1 aromatic rings. The Balaban J connectivity index is 2.51. The monoisotopic (exact) mass is 352 g/mol. The number of carbonyl (C=O) groups is 2. The maximum absolute atomic E-state index is 12.4. The van der Waals surface area contributed by atoms with Crippen LogP contribution in [0.2, 0.25) is 0 Å². The molecule has 1 aliphatic heterocycles. The summed E-state index contributed by atoms with van der Waals surface area (Å²) in [5.74, 6) is 0.344. The topological polar surface area (TPSA) is 95.1 Å². The predicted octanol–water partition coefficient (Wildman–Crippen LogP) is 1.63. The highest BCUT2D eigenvalue weighted by Crippen LogP contribution is 2.41. The van der Waals surface area contributed by atoms with Crippen LogP contribution in [-0.4, -0.2) is 46.0 Å². The molecular formula is C17H24N2O6. The summed E-state index contributed by atoms with van der Waals surface area (Å²) in [6.07, 6.45) is 0. The number of rotatable bonds is 6. The van der Waals surface area contributed by atoms with Crippen molar-refractivity contribution in [3.8, 4) is 17.2 Å². The van der Waals surface area contributed by atoms with Crippen molar-refractivity contribution in [1.29, 1.82) is 0 Å². The number of hydrogen-bond acceptors (Lipinski definition) is 6. The summed E-state index contributed by atoms with van der Waals surface area (Å²) in [4.78, 5) is 24.4. The third-order valence-electron chi connectivity index (χ3n) is 4.15. The Hall–Kier alpha value is -2.64. The van der Waals surface area contributed by atoms with Crippen LogP contribution in [0.3, 0.4) is 0 Å². The van der Waals surface area contributed by atoms with E-state index in [4.69, 9.17) is 18.9 Å². The lowest BCUT2D eigenvalue weighted by Gasteiger charge is -2.36. The first-order chi connectivity index (χ1) is 12.0. The smallest absolute Gasteiger partial charge is 0.315 e. The molecule has 1 aromatic carbocycles. The zero-order chi connectivity index (χ0) is 18.6. The summed E-state index contributed by atoms with van der Waals surface area (Å²) in [7, 11) is 4.52. The number of ether oxygens (including phenoxy) is 4. The van der Waals surface area contributed by atoms with Crippen molar-refractivity contribution in [2.24, 2.45) is 5.92 Å². The molecule has 0 bridgehead atoms. The molecule has 25 heavy (non-hydrogen) atoms. The maximum Gasteiger partial charge on any atom is 0.315 e. The van der Waals surface area contributed by atoms with Crippen molar-refractivity contribution < 1.29 is 28.5 Å². The fraction of sp³-hybridized carbons (Fsp3) is 0.529. The standard InChI is InChI=1S/C17H24N2O6/c1-6-25-16(20)13-9(2)18-17(21)19-14(13)10-7-11(22-3)15(24-5)12(8-10)23-4/h7-9,13-14H,6H2,1-5H3,(H2,18,19,21). The van der Waals surface area contributed by atoms with Crippen molar-refractivity contribution in [3.63, 3.8) is 0 Å². The molecule has 8 nitrogen and oxygen atoms in total. The molecule has 0 aliphatic carbocycles. The fourth-order valence-electron chi connectivity index (χ4n) is 3.01. The van der Waals surface area contributed by atoms with Gasteiger partial charge in [-0.2, -0.15) is 0 Å². The molecule has 3 atom stereocenters. The molecular weight excluding hydrogens is 328 g/mol. The molecule has 1 fully saturated rings. The quantitative estimate of drug-likeness (QED) is 0.756. The zero-order valence-corrected chi connectivity index (χ0v) is 15.0.